The number of alkyl halides is 3. The molecular formula is C34H40F3N3O3. The van der Waals surface area contributed by atoms with Gasteiger partial charge in [-0.25, -0.2) is 0 Å². The monoisotopic (exact) mass is 595 g/mol. The minimum Gasteiger partial charge on any atom is -0.382 e. The molecule has 1 heterocycles. The highest BCUT2D eigenvalue weighted by Gasteiger charge is 2.46. The minimum atomic E-state index is -4.52. The molecule has 0 atom stereocenters. The Morgan fingerprint density at radius 3 is 1.86 bits per heavy atom. The van der Waals surface area contributed by atoms with Crippen LogP contribution in [0.25, 0.3) is 0 Å². The van der Waals surface area contributed by atoms with Gasteiger partial charge in [0, 0.05) is 46.9 Å². The number of piperidine rings is 1. The third-order valence-corrected chi connectivity index (χ3v) is 8.53. The zero-order chi connectivity index (χ0) is 31.3. The van der Waals surface area contributed by atoms with Crippen LogP contribution in [0.5, 0.6) is 0 Å². The number of nitrogens with zero attached hydrogens (tertiary/aromatic N) is 3. The predicted molar refractivity (Wildman–Crippen MR) is 162 cm³/mol. The van der Waals surface area contributed by atoms with E-state index in [0.717, 1.165) is 23.3 Å². The number of amides is 2. The second-order valence-electron chi connectivity index (χ2n) is 11.5. The molecule has 1 aliphatic heterocycles. The largest absolute Gasteiger partial charge is 0.416 e. The van der Waals surface area contributed by atoms with E-state index in [2.05, 4.69) is 4.90 Å². The van der Waals surface area contributed by atoms with Gasteiger partial charge in [0.1, 0.15) is 5.41 Å². The Balaban J connectivity index is 1.62. The summed E-state index contributed by atoms with van der Waals surface area (Å²) in [7, 11) is 5.08. The van der Waals surface area contributed by atoms with Crippen LogP contribution in [-0.4, -0.2) is 74.6 Å². The van der Waals surface area contributed by atoms with Crippen LogP contribution in [0, 0.1) is 0 Å². The predicted octanol–water partition coefficient (Wildman–Crippen LogP) is 6.00. The van der Waals surface area contributed by atoms with Gasteiger partial charge in [0.05, 0.1) is 17.7 Å². The lowest BCUT2D eigenvalue weighted by atomic mass is 9.70. The number of likely N-dealkylation sites (tertiary alicyclic amines) is 1. The Morgan fingerprint density at radius 1 is 0.860 bits per heavy atom. The zero-order valence-electron chi connectivity index (χ0n) is 25.2. The topological polar surface area (TPSA) is 53.1 Å². The molecule has 1 saturated heterocycles. The molecule has 4 rings (SSSR count). The number of ether oxygens (including phenoxy) is 1. The highest BCUT2D eigenvalue weighted by atomic mass is 19.4. The van der Waals surface area contributed by atoms with Crippen LogP contribution in [0.3, 0.4) is 0 Å². The van der Waals surface area contributed by atoms with Gasteiger partial charge in [-0.15, -0.1) is 0 Å². The fourth-order valence-corrected chi connectivity index (χ4v) is 6.47. The Bertz CT molecular complexity index is 1330. The molecule has 43 heavy (non-hydrogen) atoms. The summed E-state index contributed by atoms with van der Waals surface area (Å²) in [6.07, 6.45) is -2.99. The summed E-state index contributed by atoms with van der Waals surface area (Å²) >= 11 is 0. The molecule has 1 fully saturated rings. The summed E-state index contributed by atoms with van der Waals surface area (Å²) in [5, 5.41) is 0. The maximum atomic E-state index is 14.0. The number of anilines is 1. The number of halogens is 3. The molecule has 230 valence electrons. The first-order valence-corrected chi connectivity index (χ1v) is 14.5. The summed E-state index contributed by atoms with van der Waals surface area (Å²) in [5.41, 5.74) is -0.481. The summed E-state index contributed by atoms with van der Waals surface area (Å²) in [5.74, 6) is -0.350. The van der Waals surface area contributed by atoms with Crippen molar-refractivity contribution in [2.75, 3.05) is 52.3 Å². The van der Waals surface area contributed by atoms with Crippen LogP contribution >= 0.6 is 0 Å². The highest BCUT2D eigenvalue weighted by Crippen LogP contribution is 2.40. The van der Waals surface area contributed by atoms with Gasteiger partial charge < -0.3 is 19.4 Å². The van der Waals surface area contributed by atoms with Gasteiger partial charge >= 0.3 is 6.18 Å². The fraction of sp³-hybridized carbons (Fsp3) is 0.412. The van der Waals surface area contributed by atoms with E-state index in [4.69, 9.17) is 4.74 Å². The Hall–Kier alpha value is -3.69. The number of hydrogen-bond acceptors (Lipinski definition) is 4. The van der Waals surface area contributed by atoms with E-state index in [1.54, 1.807) is 32.2 Å². The third-order valence-electron chi connectivity index (χ3n) is 8.53. The van der Waals surface area contributed by atoms with Crippen molar-refractivity contribution in [1.29, 1.82) is 0 Å². The fourth-order valence-electron chi connectivity index (χ4n) is 6.47. The highest BCUT2D eigenvalue weighted by molar-refractivity contribution is 5.93. The van der Waals surface area contributed by atoms with E-state index in [1.807, 2.05) is 60.7 Å². The second-order valence-corrected chi connectivity index (χ2v) is 11.5. The third kappa shape index (κ3) is 6.78. The summed E-state index contributed by atoms with van der Waals surface area (Å²) in [6.45, 7) is 3.35. The van der Waals surface area contributed by atoms with Crippen molar-refractivity contribution >= 4 is 17.5 Å². The molecule has 0 bridgehead atoms. The molecule has 0 unspecified atom stereocenters. The van der Waals surface area contributed by atoms with E-state index in [-0.39, 0.29) is 24.1 Å². The maximum Gasteiger partial charge on any atom is 0.416 e. The molecule has 3 aromatic carbocycles. The number of carbonyl (C=O) groups excluding carboxylic acids is 2. The lowest BCUT2D eigenvalue weighted by Gasteiger charge is -2.48. The molecule has 0 N–H and O–H groups in total. The van der Waals surface area contributed by atoms with Crippen LogP contribution in [0.2, 0.25) is 0 Å². The quantitative estimate of drug-likeness (QED) is 0.289. The number of likely N-dealkylation sites (N-methyl/N-ethyl adjacent to an activating group) is 1. The van der Waals surface area contributed by atoms with Gasteiger partial charge in [0.2, 0.25) is 11.8 Å². The first-order chi connectivity index (χ1) is 20.4. The maximum absolute atomic E-state index is 14.0. The van der Waals surface area contributed by atoms with E-state index < -0.39 is 22.7 Å². The lowest BCUT2D eigenvalue weighted by molar-refractivity contribution is -0.137. The molecule has 0 aliphatic carbocycles. The normalized spacial score (nSPS) is 15.6. The van der Waals surface area contributed by atoms with E-state index in [0.29, 0.717) is 38.9 Å². The van der Waals surface area contributed by atoms with Crippen molar-refractivity contribution in [2.24, 2.45) is 0 Å². The molecule has 9 heteroatoms. The zero-order valence-corrected chi connectivity index (χ0v) is 25.2. The first-order valence-electron chi connectivity index (χ1n) is 14.5. The average Bonchev–Trinajstić information content (AvgIpc) is 2.99. The van der Waals surface area contributed by atoms with Crippen LogP contribution in [0.15, 0.2) is 84.9 Å². The van der Waals surface area contributed by atoms with Crippen LogP contribution in [0.4, 0.5) is 18.9 Å². The Labute approximate surface area is 252 Å². The van der Waals surface area contributed by atoms with Crippen molar-refractivity contribution < 1.29 is 27.5 Å². The molecule has 6 nitrogen and oxygen atoms in total. The molecule has 2 amide bonds. The van der Waals surface area contributed by atoms with E-state index >= 15 is 0 Å². The number of hydrogen-bond donors (Lipinski definition) is 0. The average molecular weight is 596 g/mol. The van der Waals surface area contributed by atoms with Gasteiger partial charge in [0.25, 0.3) is 0 Å². The Kier molecular flexibility index (Phi) is 9.97. The van der Waals surface area contributed by atoms with Gasteiger partial charge in [-0.3, -0.25) is 9.59 Å². The molecule has 0 radical (unpaired) electrons. The van der Waals surface area contributed by atoms with Gasteiger partial charge in [-0.1, -0.05) is 66.7 Å². The van der Waals surface area contributed by atoms with Crippen LogP contribution < -0.4 is 4.90 Å². The molecule has 0 aromatic heterocycles. The van der Waals surface area contributed by atoms with Gasteiger partial charge in [-0.05, 0) is 55.1 Å². The Morgan fingerprint density at radius 2 is 1.40 bits per heavy atom. The van der Waals surface area contributed by atoms with Crippen molar-refractivity contribution in [3.63, 3.8) is 0 Å². The number of methoxy groups -OCH3 is 1. The van der Waals surface area contributed by atoms with Crippen molar-refractivity contribution in [3.8, 4) is 0 Å². The molecular weight excluding hydrogens is 555 g/mol. The SMILES string of the molecule is COCC1(N(C(C)=O)c2cccc(C(F)(F)F)c2)CCN(CCC(C(=O)N(C)C)(c2ccccc2)c2ccccc2)CC1. The first kappa shape index (κ1) is 32.2. The number of benzene rings is 3. The van der Waals surface area contributed by atoms with Crippen molar-refractivity contribution in [1.82, 2.24) is 9.80 Å². The minimum absolute atomic E-state index is 0.0112. The molecule has 0 spiro atoms. The number of carbonyl (C=O) groups is 2. The standard InChI is InChI=1S/C34H40F3N3O3/c1-26(41)40(30-17-11-16-29(24-30)34(35,36)37)32(25-43-4)18-21-39(22-19-32)23-20-33(31(42)38(2)3,27-12-7-5-8-13-27)28-14-9-6-10-15-28/h5-17,24H,18-23,25H2,1-4H3. The molecule has 0 saturated carbocycles. The van der Waals surface area contributed by atoms with E-state index in [1.165, 1.54) is 17.9 Å². The number of rotatable bonds is 10. The van der Waals surface area contributed by atoms with Crippen molar-refractivity contribution in [3.05, 3.63) is 102 Å². The second kappa shape index (κ2) is 13.3. The van der Waals surface area contributed by atoms with Gasteiger partial charge in [-0.2, -0.15) is 13.2 Å². The van der Waals surface area contributed by atoms with Gasteiger partial charge in [0.15, 0.2) is 0 Å². The van der Waals surface area contributed by atoms with Crippen LogP contribution in [-0.2, 0) is 25.9 Å². The summed E-state index contributed by atoms with van der Waals surface area (Å²) in [6, 6.07) is 24.5. The van der Waals surface area contributed by atoms with E-state index in [9.17, 15) is 22.8 Å². The lowest BCUT2D eigenvalue weighted by Crippen LogP contribution is -2.60. The summed E-state index contributed by atoms with van der Waals surface area (Å²) in [4.78, 5) is 32.4. The smallest absolute Gasteiger partial charge is 0.382 e. The summed E-state index contributed by atoms with van der Waals surface area (Å²) < 4.78 is 46.2. The van der Waals surface area contributed by atoms with Crippen LogP contribution in [0.1, 0.15) is 42.9 Å². The molecule has 3 aromatic rings. The van der Waals surface area contributed by atoms with Crippen molar-refractivity contribution in [2.45, 2.75) is 43.3 Å². The molecule has 1 aliphatic rings.